The standard InChI is InChI=1S/C22H21N5O3/c1-15-19(25-30-24-15)13-26(2)11-17-12-27(18-6-4-3-5-7-18)23-22(17)16-8-9-20-21(10-16)29-14-28-20/h3-10,12H,11,13-14H2,1-2H3. The molecule has 0 N–H and O–H groups in total. The average Bonchev–Trinajstić information content (AvgIpc) is 3.48. The minimum absolute atomic E-state index is 0.248. The molecule has 4 aromatic rings. The summed E-state index contributed by atoms with van der Waals surface area (Å²) < 4.78 is 17.7. The van der Waals surface area contributed by atoms with Crippen molar-refractivity contribution in [1.29, 1.82) is 0 Å². The molecule has 0 amide bonds. The molecule has 0 saturated carbocycles. The van der Waals surface area contributed by atoms with Gasteiger partial charge in [0, 0.05) is 30.4 Å². The van der Waals surface area contributed by atoms with Crippen LogP contribution in [0.2, 0.25) is 0 Å². The molecule has 0 radical (unpaired) electrons. The van der Waals surface area contributed by atoms with Crippen molar-refractivity contribution in [2.24, 2.45) is 0 Å². The summed E-state index contributed by atoms with van der Waals surface area (Å²) in [6.45, 7) is 3.46. The van der Waals surface area contributed by atoms with Crippen molar-refractivity contribution in [3.05, 3.63) is 71.7 Å². The first-order chi connectivity index (χ1) is 14.7. The quantitative estimate of drug-likeness (QED) is 0.487. The first-order valence-electron chi connectivity index (χ1n) is 9.68. The third-order valence-corrected chi connectivity index (χ3v) is 5.06. The van der Waals surface area contributed by atoms with Crippen LogP contribution in [0.15, 0.2) is 59.4 Å². The van der Waals surface area contributed by atoms with E-state index < -0.39 is 0 Å². The first-order valence-corrected chi connectivity index (χ1v) is 9.68. The van der Waals surface area contributed by atoms with Gasteiger partial charge in [0.15, 0.2) is 11.5 Å². The summed E-state index contributed by atoms with van der Waals surface area (Å²) in [7, 11) is 2.04. The van der Waals surface area contributed by atoms with Crippen LogP contribution < -0.4 is 9.47 Å². The lowest BCUT2D eigenvalue weighted by Gasteiger charge is -2.15. The Kier molecular flexibility index (Phi) is 4.68. The minimum atomic E-state index is 0.248. The molecule has 2 aromatic carbocycles. The normalized spacial score (nSPS) is 12.6. The van der Waals surface area contributed by atoms with Crippen molar-refractivity contribution in [3.8, 4) is 28.4 Å². The maximum Gasteiger partial charge on any atom is 0.231 e. The van der Waals surface area contributed by atoms with Crippen LogP contribution in [0.4, 0.5) is 0 Å². The molecule has 3 heterocycles. The Morgan fingerprint density at radius 2 is 1.83 bits per heavy atom. The Balaban J connectivity index is 1.50. The fraction of sp³-hybridized carbons (Fsp3) is 0.227. The van der Waals surface area contributed by atoms with E-state index >= 15 is 0 Å². The van der Waals surface area contributed by atoms with Gasteiger partial charge in [0.05, 0.1) is 11.4 Å². The van der Waals surface area contributed by atoms with E-state index in [0.717, 1.165) is 45.4 Å². The number of aromatic nitrogens is 4. The number of fused-ring (bicyclic) bond motifs is 1. The fourth-order valence-corrected chi connectivity index (χ4v) is 3.52. The molecule has 8 heteroatoms. The molecule has 0 aliphatic carbocycles. The summed E-state index contributed by atoms with van der Waals surface area (Å²) in [5, 5.41) is 12.7. The first kappa shape index (κ1) is 18.4. The van der Waals surface area contributed by atoms with Gasteiger partial charge in [0.2, 0.25) is 6.79 Å². The van der Waals surface area contributed by atoms with Crippen LogP contribution in [0.3, 0.4) is 0 Å². The van der Waals surface area contributed by atoms with Crippen LogP contribution in [0, 0.1) is 6.92 Å². The highest BCUT2D eigenvalue weighted by Gasteiger charge is 2.19. The van der Waals surface area contributed by atoms with E-state index in [1.807, 2.05) is 67.2 Å². The Morgan fingerprint density at radius 3 is 2.63 bits per heavy atom. The van der Waals surface area contributed by atoms with Gasteiger partial charge < -0.3 is 9.47 Å². The maximum absolute atomic E-state index is 5.56. The molecule has 0 unspecified atom stereocenters. The van der Waals surface area contributed by atoms with Gasteiger partial charge in [-0.15, -0.1) is 0 Å². The second kappa shape index (κ2) is 7.64. The lowest BCUT2D eigenvalue weighted by molar-refractivity contribution is 0.174. The highest BCUT2D eigenvalue weighted by molar-refractivity contribution is 5.67. The van der Waals surface area contributed by atoms with Gasteiger partial charge in [-0.3, -0.25) is 4.90 Å². The molecular formula is C22H21N5O3. The maximum atomic E-state index is 5.56. The minimum Gasteiger partial charge on any atom is -0.454 e. The van der Waals surface area contributed by atoms with Crippen LogP contribution in [0.5, 0.6) is 11.5 Å². The van der Waals surface area contributed by atoms with E-state index in [1.165, 1.54) is 0 Å². The van der Waals surface area contributed by atoms with Gasteiger partial charge >= 0.3 is 0 Å². The van der Waals surface area contributed by atoms with Crippen LogP contribution in [0.25, 0.3) is 16.9 Å². The lowest BCUT2D eigenvalue weighted by atomic mass is 10.1. The van der Waals surface area contributed by atoms with Crippen LogP contribution in [0.1, 0.15) is 17.0 Å². The van der Waals surface area contributed by atoms with E-state index in [4.69, 9.17) is 19.2 Å². The van der Waals surface area contributed by atoms with Crippen molar-refractivity contribution in [3.63, 3.8) is 0 Å². The average molecular weight is 403 g/mol. The number of ether oxygens (including phenoxy) is 2. The summed E-state index contributed by atoms with van der Waals surface area (Å²) in [6.07, 6.45) is 2.07. The highest BCUT2D eigenvalue weighted by Crippen LogP contribution is 2.36. The summed E-state index contributed by atoms with van der Waals surface area (Å²) in [6, 6.07) is 16.0. The summed E-state index contributed by atoms with van der Waals surface area (Å²) in [4.78, 5) is 2.16. The van der Waals surface area contributed by atoms with Gasteiger partial charge in [-0.25, -0.2) is 9.31 Å². The number of hydrogen-bond acceptors (Lipinski definition) is 7. The summed E-state index contributed by atoms with van der Waals surface area (Å²) in [5.41, 5.74) is 5.62. The van der Waals surface area contributed by atoms with Crippen molar-refractivity contribution >= 4 is 0 Å². The molecule has 8 nitrogen and oxygen atoms in total. The van der Waals surface area contributed by atoms with Crippen LogP contribution in [-0.2, 0) is 13.1 Å². The van der Waals surface area contributed by atoms with E-state index in [1.54, 1.807) is 0 Å². The van der Waals surface area contributed by atoms with Gasteiger partial charge in [-0.1, -0.05) is 28.5 Å². The summed E-state index contributed by atoms with van der Waals surface area (Å²) in [5.74, 6) is 1.50. The van der Waals surface area contributed by atoms with Gasteiger partial charge in [0.25, 0.3) is 0 Å². The second-order valence-electron chi connectivity index (χ2n) is 7.32. The Bertz CT molecular complexity index is 1170. The molecule has 1 aliphatic heterocycles. The fourth-order valence-electron chi connectivity index (χ4n) is 3.52. The zero-order valence-electron chi connectivity index (χ0n) is 16.8. The van der Waals surface area contributed by atoms with Crippen molar-refractivity contribution in [1.82, 2.24) is 25.0 Å². The predicted molar refractivity (Wildman–Crippen MR) is 109 cm³/mol. The molecule has 30 heavy (non-hydrogen) atoms. The highest BCUT2D eigenvalue weighted by atomic mass is 16.7. The number of nitrogens with zero attached hydrogens (tertiary/aromatic N) is 5. The van der Waals surface area contributed by atoms with Crippen LogP contribution >= 0.6 is 0 Å². The van der Waals surface area contributed by atoms with E-state index in [-0.39, 0.29) is 6.79 Å². The molecule has 0 saturated heterocycles. The molecule has 2 aromatic heterocycles. The second-order valence-corrected chi connectivity index (χ2v) is 7.32. The van der Waals surface area contributed by atoms with Crippen LogP contribution in [-0.4, -0.2) is 38.8 Å². The number of rotatable bonds is 6. The van der Waals surface area contributed by atoms with E-state index in [0.29, 0.717) is 13.1 Å². The molecular weight excluding hydrogens is 382 g/mol. The monoisotopic (exact) mass is 403 g/mol. The Morgan fingerprint density at radius 1 is 1.00 bits per heavy atom. The van der Waals surface area contributed by atoms with Crippen molar-refractivity contribution in [2.45, 2.75) is 20.0 Å². The zero-order chi connectivity index (χ0) is 20.5. The molecule has 0 atom stereocenters. The number of para-hydroxylation sites is 1. The van der Waals surface area contributed by atoms with E-state index in [2.05, 4.69) is 21.4 Å². The lowest BCUT2D eigenvalue weighted by Crippen LogP contribution is -2.18. The van der Waals surface area contributed by atoms with Gasteiger partial charge in [0.1, 0.15) is 11.4 Å². The smallest absolute Gasteiger partial charge is 0.231 e. The van der Waals surface area contributed by atoms with Gasteiger partial charge in [-0.2, -0.15) is 5.10 Å². The third-order valence-electron chi connectivity index (χ3n) is 5.06. The topological polar surface area (TPSA) is 78.4 Å². The van der Waals surface area contributed by atoms with Crippen molar-refractivity contribution < 1.29 is 14.1 Å². The third kappa shape index (κ3) is 3.53. The number of benzene rings is 2. The zero-order valence-corrected chi connectivity index (χ0v) is 16.8. The molecule has 0 fully saturated rings. The number of hydrogen-bond donors (Lipinski definition) is 0. The molecule has 0 spiro atoms. The number of aryl methyl sites for hydroxylation is 1. The van der Waals surface area contributed by atoms with E-state index in [9.17, 15) is 0 Å². The molecule has 1 aliphatic rings. The molecule has 0 bridgehead atoms. The van der Waals surface area contributed by atoms with Crippen molar-refractivity contribution in [2.75, 3.05) is 13.8 Å². The summed E-state index contributed by atoms with van der Waals surface area (Å²) >= 11 is 0. The SMILES string of the molecule is Cc1nonc1CN(C)Cc1cn(-c2ccccc2)nc1-c1ccc2c(c1)OCO2. The van der Waals surface area contributed by atoms with Gasteiger partial charge in [-0.05, 0) is 44.3 Å². The Labute approximate surface area is 173 Å². The largest absolute Gasteiger partial charge is 0.454 e. The molecule has 5 rings (SSSR count). The molecule has 152 valence electrons. The Hall–Kier alpha value is -3.65. The predicted octanol–water partition coefficient (Wildman–Crippen LogP) is 3.59.